The zero-order chi connectivity index (χ0) is 25.7. The van der Waals surface area contributed by atoms with E-state index < -0.39 is 0 Å². The largest absolute Gasteiger partial charge is 0.508 e. The van der Waals surface area contributed by atoms with Crippen LogP contribution in [0.3, 0.4) is 0 Å². The van der Waals surface area contributed by atoms with Crippen molar-refractivity contribution in [3.8, 4) is 11.5 Å². The van der Waals surface area contributed by atoms with Gasteiger partial charge in [0.15, 0.2) is 0 Å². The molecular weight excluding hydrogens is 448 g/mol. The number of carbonyl (C=O) groups is 1. The molecule has 0 aliphatic carbocycles. The summed E-state index contributed by atoms with van der Waals surface area (Å²) in [6.07, 6.45) is 2.07. The fraction of sp³-hybridized carbons (Fsp3) is 0.387. The normalized spacial score (nSPS) is 21.1. The molecule has 0 saturated carbocycles. The van der Waals surface area contributed by atoms with E-state index in [1.54, 1.807) is 18.2 Å². The van der Waals surface area contributed by atoms with E-state index in [9.17, 15) is 15.0 Å². The van der Waals surface area contributed by atoms with Gasteiger partial charge in [0.05, 0.1) is 6.04 Å². The molecule has 3 aromatic rings. The van der Waals surface area contributed by atoms with Gasteiger partial charge >= 0.3 is 0 Å². The highest BCUT2D eigenvalue weighted by Crippen LogP contribution is 2.40. The van der Waals surface area contributed by atoms with Gasteiger partial charge in [-0.15, -0.1) is 0 Å². The molecule has 0 bridgehead atoms. The second-order valence-corrected chi connectivity index (χ2v) is 10.5. The van der Waals surface area contributed by atoms with Crippen LogP contribution < -0.4 is 0 Å². The van der Waals surface area contributed by atoms with Crippen molar-refractivity contribution in [2.75, 3.05) is 26.7 Å². The molecular formula is C31H38N2O3. The molecule has 5 heteroatoms. The summed E-state index contributed by atoms with van der Waals surface area (Å²) < 4.78 is 0. The molecule has 36 heavy (non-hydrogen) atoms. The zero-order valence-corrected chi connectivity index (χ0v) is 21.6. The average Bonchev–Trinajstić information content (AvgIpc) is 2.89. The molecule has 4 rings (SSSR count). The number of likely N-dealkylation sites (N-methyl/N-ethyl adjacent to an activating group) is 1. The first kappa shape index (κ1) is 25.8. The molecule has 3 aromatic carbocycles. The van der Waals surface area contributed by atoms with Gasteiger partial charge in [0.2, 0.25) is 5.91 Å². The summed E-state index contributed by atoms with van der Waals surface area (Å²) in [7, 11) is 1.92. The lowest BCUT2D eigenvalue weighted by Gasteiger charge is -2.46. The maximum absolute atomic E-state index is 13.3. The Labute approximate surface area is 215 Å². The second kappa shape index (κ2) is 11.2. The first-order valence-electron chi connectivity index (χ1n) is 12.9. The van der Waals surface area contributed by atoms with Gasteiger partial charge in [0.25, 0.3) is 0 Å². The summed E-state index contributed by atoms with van der Waals surface area (Å²) in [5, 5.41) is 19.5. The molecule has 0 radical (unpaired) electrons. The average molecular weight is 487 g/mol. The van der Waals surface area contributed by atoms with Crippen LogP contribution >= 0.6 is 0 Å². The first-order valence-corrected chi connectivity index (χ1v) is 12.9. The number of aromatic hydroxyl groups is 2. The van der Waals surface area contributed by atoms with Gasteiger partial charge in [0.1, 0.15) is 11.5 Å². The molecule has 1 aliphatic heterocycles. The standard InChI is InChI=1S/C31H38N2O3/c1-23-21-33(19-18-31(23,2)26-10-7-11-28(35)20-26)22-29(25-8-5-4-6-9-25)32(3)30(36)17-14-24-12-15-27(34)16-13-24/h4-13,15-16,20,23,29,34-35H,14,17-19,21-22H2,1-3H3/t23-,29?,31+/m0/s1. The van der Waals surface area contributed by atoms with Crippen molar-refractivity contribution in [1.82, 2.24) is 9.80 Å². The monoisotopic (exact) mass is 486 g/mol. The summed E-state index contributed by atoms with van der Waals surface area (Å²) in [6.45, 7) is 7.25. The number of likely N-dealkylation sites (tertiary alicyclic amines) is 1. The Bertz CT molecular complexity index is 1150. The number of phenolic OH excluding ortho intramolecular Hbond substituents is 2. The van der Waals surface area contributed by atoms with Crippen LogP contribution in [-0.2, 0) is 16.6 Å². The van der Waals surface area contributed by atoms with Crippen LogP contribution in [0, 0.1) is 5.92 Å². The molecule has 5 nitrogen and oxygen atoms in total. The molecule has 3 atom stereocenters. The highest BCUT2D eigenvalue weighted by molar-refractivity contribution is 5.76. The molecule has 1 aliphatic rings. The van der Waals surface area contributed by atoms with Gasteiger partial charge in [-0.1, -0.05) is 68.4 Å². The lowest BCUT2D eigenvalue weighted by Crippen LogP contribution is -2.50. The fourth-order valence-corrected chi connectivity index (χ4v) is 5.41. The predicted octanol–water partition coefficient (Wildman–Crippen LogP) is 5.53. The van der Waals surface area contributed by atoms with Crippen LogP contribution in [0.5, 0.6) is 11.5 Å². The van der Waals surface area contributed by atoms with Gasteiger partial charge in [-0.2, -0.15) is 0 Å². The van der Waals surface area contributed by atoms with Crippen LogP contribution in [0.1, 0.15) is 49.4 Å². The lowest BCUT2D eigenvalue weighted by molar-refractivity contribution is -0.132. The van der Waals surface area contributed by atoms with Gasteiger partial charge in [-0.3, -0.25) is 4.79 Å². The second-order valence-electron chi connectivity index (χ2n) is 10.5. The third-order valence-electron chi connectivity index (χ3n) is 8.11. The Morgan fingerprint density at radius 3 is 2.42 bits per heavy atom. The number of phenols is 2. The van der Waals surface area contributed by atoms with E-state index in [0.717, 1.165) is 37.2 Å². The summed E-state index contributed by atoms with van der Waals surface area (Å²) in [5.41, 5.74) is 3.38. The molecule has 1 heterocycles. The van der Waals surface area contributed by atoms with Gasteiger partial charge < -0.3 is 20.0 Å². The third-order valence-corrected chi connectivity index (χ3v) is 8.11. The van der Waals surface area contributed by atoms with Crippen LogP contribution in [0.2, 0.25) is 0 Å². The van der Waals surface area contributed by atoms with Crippen molar-refractivity contribution in [2.45, 2.75) is 44.6 Å². The number of hydrogen-bond acceptors (Lipinski definition) is 4. The van der Waals surface area contributed by atoms with Gasteiger partial charge in [-0.05, 0) is 71.7 Å². The number of piperidine rings is 1. The van der Waals surface area contributed by atoms with E-state index in [0.29, 0.717) is 24.5 Å². The number of hydrogen-bond donors (Lipinski definition) is 2. The highest BCUT2D eigenvalue weighted by atomic mass is 16.3. The Morgan fingerprint density at radius 1 is 1.03 bits per heavy atom. The van der Waals surface area contributed by atoms with Crippen molar-refractivity contribution < 1.29 is 15.0 Å². The van der Waals surface area contributed by atoms with Crippen LogP contribution in [0.4, 0.5) is 0 Å². The van der Waals surface area contributed by atoms with Crippen molar-refractivity contribution in [3.63, 3.8) is 0 Å². The van der Waals surface area contributed by atoms with Crippen LogP contribution in [0.25, 0.3) is 0 Å². The first-order chi connectivity index (χ1) is 17.3. The molecule has 0 spiro atoms. The Morgan fingerprint density at radius 2 is 1.75 bits per heavy atom. The Kier molecular flexibility index (Phi) is 8.00. The van der Waals surface area contributed by atoms with E-state index in [2.05, 4.69) is 36.9 Å². The van der Waals surface area contributed by atoms with Crippen molar-refractivity contribution in [1.29, 1.82) is 0 Å². The summed E-state index contributed by atoms with van der Waals surface area (Å²) in [4.78, 5) is 17.6. The molecule has 1 unspecified atom stereocenters. The third kappa shape index (κ3) is 5.90. The van der Waals surface area contributed by atoms with Crippen LogP contribution in [0.15, 0.2) is 78.9 Å². The van der Waals surface area contributed by atoms with E-state index in [-0.39, 0.29) is 23.1 Å². The van der Waals surface area contributed by atoms with E-state index >= 15 is 0 Å². The zero-order valence-electron chi connectivity index (χ0n) is 21.6. The van der Waals surface area contributed by atoms with Gasteiger partial charge in [0, 0.05) is 26.6 Å². The Balaban J connectivity index is 1.45. The van der Waals surface area contributed by atoms with Crippen molar-refractivity contribution in [3.05, 3.63) is 95.6 Å². The predicted molar refractivity (Wildman–Crippen MR) is 144 cm³/mol. The van der Waals surface area contributed by atoms with E-state index in [1.807, 2.05) is 54.4 Å². The van der Waals surface area contributed by atoms with Crippen molar-refractivity contribution >= 4 is 5.91 Å². The number of nitrogens with zero attached hydrogens (tertiary/aromatic N) is 2. The van der Waals surface area contributed by atoms with Crippen LogP contribution in [-0.4, -0.2) is 52.6 Å². The maximum Gasteiger partial charge on any atom is 0.223 e. The van der Waals surface area contributed by atoms with Gasteiger partial charge in [-0.25, -0.2) is 0 Å². The van der Waals surface area contributed by atoms with Crippen molar-refractivity contribution in [2.24, 2.45) is 5.92 Å². The molecule has 1 saturated heterocycles. The number of rotatable bonds is 8. The fourth-order valence-electron chi connectivity index (χ4n) is 5.41. The molecule has 1 fully saturated rings. The number of benzene rings is 3. The minimum Gasteiger partial charge on any atom is -0.508 e. The maximum atomic E-state index is 13.3. The smallest absolute Gasteiger partial charge is 0.223 e. The minimum atomic E-state index is -0.0316. The number of carbonyl (C=O) groups excluding carboxylic acids is 1. The van der Waals surface area contributed by atoms with E-state index in [1.165, 1.54) is 5.56 Å². The quantitative estimate of drug-likeness (QED) is 0.439. The number of amides is 1. The molecule has 1 amide bonds. The number of aryl methyl sites for hydroxylation is 1. The summed E-state index contributed by atoms with van der Waals surface area (Å²) in [6, 6.07) is 25.0. The molecule has 2 N–H and O–H groups in total. The summed E-state index contributed by atoms with van der Waals surface area (Å²) in [5.74, 6) is 1.08. The lowest BCUT2D eigenvalue weighted by atomic mass is 9.68. The molecule has 0 aromatic heterocycles. The highest BCUT2D eigenvalue weighted by Gasteiger charge is 2.39. The Hall–Kier alpha value is -3.31. The molecule has 190 valence electrons. The minimum absolute atomic E-state index is 0.00330. The topological polar surface area (TPSA) is 64.0 Å². The van der Waals surface area contributed by atoms with E-state index in [4.69, 9.17) is 0 Å². The summed E-state index contributed by atoms with van der Waals surface area (Å²) >= 11 is 0. The SMILES string of the molecule is C[C@H]1CN(CC(c2ccccc2)N(C)C(=O)CCc2ccc(O)cc2)CC[C@@]1(C)c1cccc(O)c1.